The van der Waals surface area contributed by atoms with Crippen LogP contribution in [0.3, 0.4) is 0 Å². The van der Waals surface area contributed by atoms with Gasteiger partial charge in [0.2, 0.25) is 0 Å². The van der Waals surface area contributed by atoms with Gasteiger partial charge >= 0.3 is 0 Å². The summed E-state index contributed by atoms with van der Waals surface area (Å²) >= 11 is 6.26. The summed E-state index contributed by atoms with van der Waals surface area (Å²) in [5.74, 6) is -1.33. The van der Waals surface area contributed by atoms with Gasteiger partial charge in [-0.1, -0.05) is 23.7 Å². The number of amides is 1. The van der Waals surface area contributed by atoms with Crippen molar-refractivity contribution in [3.63, 3.8) is 0 Å². The molecule has 0 spiro atoms. The molecule has 1 heterocycles. The van der Waals surface area contributed by atoms with Gasteiger partial charge in [0, 0.05) is 16.8 Å². The van der Waals surface area contributed by atoms with Crippen molar-refractivity contribution in [2.45, 2.75) is 19.9 Å². The number of methoxy groups -OCH3 is 2. The van der Waals surface area contributed by atoms with Gasteiger partial charge in [0.05, 0.1) is 38.0 Å². The molecule has 1 saturated heterocycles. The number of phenolic OH excluding ortho intramolecular Hbond substituents is 1. The van der Waals surface area contributed by atoms with Crippen molar-refractivity contribution >= 4 is 34.7 Å². The second-order valence-corrected chi connectivity index (χ2v) is 8.76. The molecule has 3 aromatic carbocycles. The fraction of sp³-hybridized carbons (Fsp3) is 0.214. The van der Waals surface area contributed by atoms with E-state index in [1.54, 1.807) is 62.4 Å². The predicted octanol–water partition coefficient (Wildman–Crippen LogP) is 5.40. The fourth-order valence-corrected chi connectivity index (χ4v) is 4.52. The molecule has 1 amide bonds. The van der Waals surface area contributed by atoms with E-state index >= 15 is 0 Å². The number of halogens is 1. The Morgan fingerprint density at radius 2 is 1.76 bits per heavy atom. The molecule has 1 atom stereocenters. The number of hydrogen-bond acceptors (Lipinski definition) is 7. The van der Waals surface area contributed by atoms with E-state index in [0.717, 1.165) is 0 Å². The number of anilines is 1. The number of aromatic hydroxyl groups is 1. The smallest absolute Gasteiger partial charge is 0.300 e. The summed E-state index contributed by atoms with van der Waals surface area (Å²) < 4.78 is 16.2. The lowest BCUT2D eigenvalue weighted by atomic mass is 9.94. The first-order chi connectivity index (χ1) is 17.7. The lowest BCUT2D eigenvalue weighted by Gasteiger charge is -2.27. The predicted molar refractivity (Wildman–Crippen MR) is 140 cm³/mol. The van der Waals surface area contributed by atoms with Crippen molar-refractivity contribution < 1.29 is 34.0 Å². The molecule has 4 rings (SSSR count). The van der Waals surface area contributed by atoms with Crippen LogP contribution in [0.2, 0.25) is 5.02 Å². The van der Waals surface area contributed by atoms with Gasteiger partial charge in [0.15, 0.2) is 11.5 Å². The van der Waals surface area contributed by atoms with E-state index in [1.807, 2.05) is 0 Å². The van der Waals surface area contributed by atoms with E-state index in [-0.39, 0.29) is 35.0 Å². The molecule has 9 heteroatoms. The average molecular weight is 524 g/mol. The van der Waals surface area contributed by atoms with E-state index in [9.17, 15) is 19.8 Å². The third-order valence-electron chi connectivity index (χ3n) is 6.14. The van der Waals surface area contributed by atoms with Gasteiger partial charge < -0.3 is 24.4 Å². The van der Waals surface area contributed by atoms with Crippen molar-refractivity contribution in [1.29, 1.82) is 0 Å². The Morgan fingerprint density at radius 3 is 2.43 bits per heavy atom. The highest BCUT2D eigenvalue weighted by Crippen LogP contribution is 2.46. The maximum atomic E-state index is 13.5. The number of aliphatic hydroxyl groups is 1. The first-order valence-electron chi connectivity index (χ1n) is 11.5. The number of carbonyl (C=O) groups is 2. The molecule has 0 aliphatic carbocycles. The normalized spacial score (nSPS) is 16.7. The number of aliphatic hydroxyl groups excluding tert-OH is 1. The van der Waals surface area contributed by atoms with Gasteiger partial charge in [-0.2, -0.15) is 0 Å². The van der Waals surface area contributed by atoms with Crippen LogP contribution in [-0.2, 0) is 9.59 Å². The topological polar surface area (TPSA) is 106 Å². The van der Waals surface area contributed by atoms with Crippen LogP contribution in [0.4, 0.5) is 5.69 Å². The van der Waals surface area contributed by atoms with E-state index in [0.29, 0.717) is 27.6 Å². The number of phenols is 1. The summed E-state index contributed by atoms with van der Waals surface area (Å²) in [6, 6.07) is 13.2. The summed E-state index contributed by atoms with van der Waals surface area (Å²) in [4.78, 5) is 28.3. The lowest BCUT2D eigenvalue weighted by molar-refractivity contribution is -0.132. The Hall–Kier alpha value is -4.17. The van der Waals surface area contributed by atoms with Crippen LogP contribution in [0.15, 0.2) is 60.2 Å². The molecule has 3 aromatic rings. The zero-order valence-electron chi connectivity index (χ0n) is 20.7. The minimum atomic E-state index is -1.05. The van der Waals surface area contributed by atoms with E-state index in [1.165, 1.54) is 25.2 Å². The van der Waals surface area contributed by atoms with Crippen molar-refractivity contribution in [2.24, 2.45) is 0 Å². The lowest BCUT2D eigenvalue weighted by Crippen LogP contribution is -2.30. The highest BCUT2D eigenvalue weighted by Gasteiger charge is 2.48. The molecule has 192 valence electrons. The summed E-state index contributed by atoms with van der Waals surface area (Å²) in [5.41, 5.74) is 1.60. The summed E-state index contributed by atoms with van der Waals surface area (Å²) in [7, 11) is 2.92. The Labute approximate surface area is 219 Å². The number of nitrogens with zero attached hydrogens (tertiary/aromatic N) is 1. The van der Waals surface area contributed by atoms with Crippen LogP contribution < -0.4 is 19.1 Å². The molecule has 1 aliphatic rings. The van der Waals surface area contributed by atoms with Crippen molar-refractivity contribution in [3.8, 4) is 23.0 Å². The summed E-state index contributed by atoms with van der Waals surface area (Å²) in [6.07, 6.45) is 0. The standard InChI is InChI=1S/C28H26ClNO7/c1-5-37-23-12-16(7-11-21(23)31)25-24(26(32)19-10-9-18(35-3)14-22(19)36-4)27(33)28(34)30(25)20-13-17(29)8-6-15(20)2/h6-14,25,31-32H,5H2,1-4H3/b26-24+. The average Bonchev–Trinajstić information content (AvgIpc) is 3.16. The molecule has 8 nitrogen and oxygen atoms in total. The molecule has 37 heavy (non-hydrogen) atoms. The second kappa shape index (κ2) is 10.4. The molecule has 0 bridgehead atoms. The monoisotopic (exact) mass is 523 g/mol. The molecule has 0 aromatic heterocycles. The zero-order chi connectivity index (χ0) is 26.9. The molecule has 2 N–H and O–H groups in total. The van der Waals surface area contributed by atoms with Crippen LogP contribution in [0.25, 0.3) is 5.76 Å². The Morgan fingerprint density at radius 1 is 1.00 bits per heavy atom. The van der Waals surface area contributed by atoms with Gasteiger partial charge in [-0.15, -0.1) is 0 Å². The number of aryl methyl sites for hydroxylation is 1. The molecular weight excluding hydrogens is 498 g/mol. The number of carbonyl (C=O) groups excluding carboxylic acids is 2. The van der Waals surface area contributed by atoms with Gasteiger partial charge in [-0.25, -0.2) is 0 Å². The van der Waals surface area contributed by atoms with Crippen molar-refractivity contribution in [1.82, 2.24) is 0 Å². The van der Waals surface area contributed by atoms with Gasteiger partial charge in [-0.05, 0) is 61.4 Å². The molecule has 1 unspecified atom stereocenters. The number of ether oxygens (including phenoxy) is 3. The fourth-order valence-electron chi connectivity index (χ4n) is 4.35. The van der Waals surface area contributed by atoms with Gasteiger partial charge in [-0.3, -0.25) is 14.5 Å². The van der Waals surface area contributed by atoms with Crippen LogP contribution in [0.5, 0.6) is 23.0 Å². The van der Waals surface area contributed by atoms with Crippen molar-refractivity contribution in [2.75, 3.05) is 25.7 Å². The van der Waals surface area contributed by atoms with Crippen LogP contribution in [0, 0.1) is 6.92 Å². The van der Waals surface area contributed by atoms with E-state index < -0.39 is 23.5 Å². The highest BCUT2D eigenvalue weighted by molar-refractivity contribution is 6.52. The van der Waals surface area contributed by atoms with Crippen LogP contribution in [-0.4, -0.2) is 42.7 Å². The maximum Gasteiger partial charge on any atom is 0.300 e. The van der Waals surface area contributed by atoms with E-state index in [2.05, 4.69) is 0 Å². The Bertz CT molecular complexity index is 1420. The summed E-state index contributed by atoms with van der Waals surface area (Å²) in [5, 5.41) is 22.1. The van der Waals surface area contributed by atoms with Crippen LogP contribution in [0.1, 0.15) is 29.7 Å². The Balaban J connectivity index is 2.02. The van der Waals surface area contributed by atoms with Gasteiger partial charge in [0.1, 0.15) is 17.3 Å². The molecule has 1 fully saturated rings. The first kappa shape index (κ1) is 25.9. The number of ketones is 1. The third kappa shape index (κ3) is 4.68. The Kier molecular flexibility index (Phi) is 7.31. The molecule has 0 saturated carbocycles. The third-order valence-corrected chi connectivity index (χ3v) is 6.37. The quantitative estimate of drug-likeness (QED) is 0.243. The molecule has 1 aliphatic heterocycles. The minimum Gasteiger partial charge on any atom is -0.507 e. The van der Waals surface area contributed by atoms with Crippen molar-refractivity contribution in [3.05, 3.63) is 81.9 Å². The second-order valence-electron chi connectivity index (χ2n) is 8.33. The highest BCUT2D eigenvalue weighted by atomic mass is 35.5. The largest absolute Gasteiger partial charge is 0.507 e. The van der Waals surface area contributed by atoms with Gasteiger partial charge in [0.25, 0.3) is 11.7 Å². The molecule has 0 radical (unpaired) electrons. The SMILES string of the molecule is CCOc1cc(C2/C(=C(\O)c3ccc(OC)cc3OC)C(=O)C(=O)N2c2cc(Cl)ccc2C)ccc1O. The minimum absolute atomic E-state index is 0.0988. The molecular formula is C28H26ClNO7. The zero-order valence-corrected chi connectivity index (χ0v) is 21.5. The summed E-state index contributed by atoms with van der Waals surface area (Å²) in [6.45, 7) is 3.84. The number of Topliss-reactive ketones (excluding diaryl/α,β-unsaturated/α-hetero) is 1. The van der Waals surface area contributed by atoms with E-state index in [4.69, 9.17) is 25.8 Å². The number of hydrogen-bond donors (Lipinski definition) is 2. The first-order valence-corrected chi connectivity index (χ1v) is 11.8. The number of benzene rings is 3. The number of rotatable bonds is 7. The van der Waals surface area contributed by atoms with Crippen LogP contribution >= 0.6 is 11.6 Å². The maximum absolute atomic E-state index is 13.5.